The predicted octanol–water partition coefficient (Wildman–Crippen LogP) is -0.403. The normalized spacial score (nSPS) is 18.4. The average molecular weight is 200 g/mol. The maximum Gasteiger partial charge on any atom is 0.108 e. The largest absolute Gasteiger partial charge is 0.390 e. The molecule has 0 bridgehead atoms. The standard InChI is InChI=1S/C8H13FN4O/c9-1-2-12-4-8(5-12)13-3-7(6-14)10-11-13/h3,8,14H,1-2,4-6H2. The summed E-state index contributed by atoms with van der Waals surface area (Å²) >= 11 is 0. The first kappa shape index (κ1) is 9.54. The number of likely N-dealkylation sites (tertiary alicyclic amines) is 1. The molecule has 78 valence electrons. The molecule has 1 aliphatic heterocycles. The summed E-state index contributed by atoms with van der Waals surface area (Å²) in [6, 6.07) is 0.286. The van der Waals surface area contributed by atoms with Crippen LogP contribution in [0.5, 0.6) is 0 Å². The van der Waals surface area contributed by atoms with Gasteiger partial charge in [-0.1, -0.05) is 5.21 Å². The molecule has 6 heteroatoms. The second-order valence-electron chi connectivity index (χ2n) is 3.45. The Labute approximate surface area is 81.1 Å². The molecule has 14 heavy (non-hydrogen) atoms. The maximum atomic E-state index is 11.9. The lowest BCUT2D eigenvalue weighted by Crippen LogP contribution is -2.48. The molecule has 1 N–H and O–H groups in total. The number of hydrogen-bond donors (Lipinski definition) is 1. The topological polar surface area (TPSA) is 54.2 Å². The Bertz CT molecular complexity index is 297. The second-order valence-corrected chi connectivity index (χ2v) is 3.45. The number of aliphatic hydroxyl groups excluding tert-OH is 1. The van der Waals surface area contributed by atoms with Crippen LogP contribution in [0.1, 0.15) is 11.7 Å². The molecule has 0 aromatic carbocycles. The Morgan fingerprint density at radius 2 is 2.36 bits per heavy atom. The molecule has 1 saturated heterocycles. The molecule has 0 unspecified atom stereocenters. The summed E-state index contributed by atoms with van der Waals surface area (Å²) in [7, 11) is 0. The van der Waals surface area contributed by atoms with E-state index in [1.54, 1.807) is 10.9 Å². The van der Waals surface area contributed by atoms with Crippen molar-refractivity contribution in [3.8, 4) is 0 Å². The van der Waals surface area contributed by atoms with Crippen LogP contribution in [0.2, 0.25) is 0 Å². The van der Waals surface area contributed by atoms with Crippen LogP contribution >= 0.6 is 0 Å². The van der Waals surface area contributed by atoms with E-state index in [0.717, 1.165) is 13.1 Å². The summed E-state index contributed by atoms with van der Waals surface area (Å²) in [4.78, 5) is 2.02. The van der Waals surface area contributed by atoms with Crippen LogP contribution < -0.4 is 0 Å². The summed E-state index contributed by atoms with van der Waals surface area (Å²) in [5.41, 5.74) is 0.578. The third-order valence-electron chi connectivity index (χ3n) is 2.43. The van der Waals surface area contributed by atoms with E-state index >= 15 is 0 Å². The number of halogens is 1. The molecule has 0 saturated carbocycles. The number of nitrogens with zero attached hydrogens (tertiary/aromatic N) is 4. The zero-order valence-electron chi connectivity index (χ0n) is 7.80. The molecule has 0 radical (unpaired) electrons. The average Bonchev–Trinajstić information content (AvgIpc) is 2.58. The molecule has 1 aliphatic rings. The van der Waals surface area contributed by atoms with Crippen LogP contribution in [0, 0.1) is 0 Å². The highest BCUT2D eigenvalue weighted by atomic mass is 19.1. The molecule has 1 fully saturated rings. The van der Waals surface area contributed by atoms with Crippen LogP contribution in [0.15, 0.2) is 6.20 Å². The lowest BCUT2D eigenvalue weighted by atomic mass is 10.1. The highest BCUT2D eigenvalue weighted by Gasteiger charge is 2.28. The van der Waals surface area contributed by atoms with E-state index in [0.29, 0.717) is 12.2 Å². The first-order chi connectivity index (χ1) is 6.83. The zero-order chi connectivity index (χ0) is 9.97. The van der Waals surface area contributed by atoms with E-state index in [1.807, 2.05) is 4.90 Å². The zero-order valence-corrected chi connectivity index (χ0v) is 7.80. The molecule has 2 heterocycles. The van der Waals surface area contributed by atoms with Gasteiger partial charge in [0.2, 0.25) is 0 Å². The van der Waals surface area contributed by atoms with E-state index in [9.17, 15) is 4.39 Å². The molecular formula is C8H13FN4O. The fourth-order valence-corrected chi connectivity index (χ4v) is 1.58. The molecule has 5 nitrogen and oxygen atoms in total. The molecule has 0 spiro atoms. The van der Waals surface area contributed by atoms with Crippen molar-refractivity contribution in [3.05, 3.63) is 11.9 Å². The van der Waals surface area contributed by atoms with Crippen LogP contribution in [0.25, 0.3) is 0 Å². The van der Waals surface area contributed by atoms with Gasteiger partial charge in [-0.05, 0) is 0 Å². The maximum absolute atomic E-state index is 11.9. The van der Waals surface area contributed by atoms with Gasteiger partial charge in [0.05, 0.1) is 18.8 Å². The van der Waals surface area contributed by atoms with Crippen molar-refractivity contribution in [3.63, 3.8) is 0 Å². The van der Waals surface area contributed by atoms with Crippen molar-refractivity contribution in [1.29, 1.82) is 0 Å². The number of alkyl halides is 1. The van der Waals surface area contributed by atoms with Gasteiger partial charge in [0.25, 0.3) is 0 Å². The van der Waals surface area contributed by atoms with E-state index in [4.69, 9.17) is 5.11 Å². The molecule has 0 atom stereocenters. The van der Waals surface area contributed by atoms with E-state index in [1.165, 1.54) is 0 Å². The Hall–Kier alpha value is -1.01. The first-order valence-corrected chi connectivity index (χ1v) is 4.63. The summed E-state index contributed by atoms with van der Waals surface area (Å²) < 4.78 is 13.7. The van der Waals surface area contributed by atoms with Crippen LogP contribution in [-0.4, -0.2) is 51.3 Å². The fourth-order valence-electron chi connectivity index (χ4n) is 1.58. The van der Waals surface area contributed by atoms with Gasteiger partial charge in [0.15, 0.2) is 0 Å². The summed E-state index contributed by atoms with van der Waals surface area (Å²) in [5, 5.41) is 16.5. The number of rotatable bonds is 4. The van der Waals surface area contributed by atoms with Crippen molar-refractivity contribution in [2.75, 3.05) is 26.3 Å². The van der Waals surface area contributed by atoms with Gasteiger partial charge in [-0.2, -0.15) is 0 Å². The first-order valence-electron chi connectivity index (χ1n) is 4.63. The van der Waals surface area contributed by atoms with Crippen LogP contribution in [0.3, 0.4) is 0 Å². The minimum absolute atomic E-state index is 0.0824. The van der Waals surface area contributed by atoms with E-state index in [2.05, 4.69) is 10.3 Å². The van der Waals surface area contributed by atoms with Crippen molar-refractivity contribution >= 4 is 0 Å². The fraction of sp³-hybridized carbons (Fsp3) is 0.750. The van der Waals surface area contributed by atoms with Gasteiger partial charge in [0, 0.05) is 19.6 Å². The Balaban J connectivity index is 1.86. The van der Waals surface area contributed by atoms with Crippen LogP contribution in [0.4, 0.5) is 4.39 Å². The van der Waals surface area contributed by atoms with E-state index in [-0.39, 0.29) is 19.3 Å². The van der Waals surface area contributed by atoms with Gasteiger partial charge in [0.1, 0.15) is 12.4 Å². The third-order valence-corrected chi connectivity index (χ3v) is 2.43. The molecular weight excluding hydrogens is 187 g/mol. The summed E-state index contributed by atoms with van der Waals surface area (Å²) in [5.74, 6) is 0. The van der Waals surface area contributed by atoms with Crippen molar-refractivity contribution < 1.29 is 9.50 Å². The number of aliphatic hydroxyl groups is 1. The van der Waals surface area contributed by atoms with Gasteiger partial charge >= 0.3 is 0 Å². The molecule has 2 rings (SSSR count). The summed E-state index contributed by atoms with van der Waals surface area (Å²) in [6.07, 6.45) is 1.73. The lowest BCUT2D eigenvalue weighted by molar-refractivity contribution is 0.0901. The molecule has 1 aromatic rings. The number of aromatic nitrogens is 3. The molecule has 1 aromatic heterocycles. The highest BCUT2D eigenvalue weighted by molar-refractivity contribution is 4.94. The van der Waals surface area contributed by atoms with Gasteiger partial charge in [-0.25, -0.2) is 9.07 Å². The predicted molar refractivity (Wildman–Crippen MR) is 47.4 cm³/mol. The van der Waals surface area contributed by atoms with E-state index < -0.39 is 0 Å². The van der Waals surface area contributed by atoms with Gasteiger partial charge in [-0.15, -0.1) is 5.10 Å². The molecule has 0 aliphatic carbocycles. The Morgan fingerprint density at radius 1 is 1.57 bits per heavy atom. The summed E-state index contributed by atoms with van der Waals surface area (Å²) in [6.45, 7) is 1.75. The monoisotopic (exact) mass is 200 g/mol. The third kappa shape index (κ3) is 1.76. The Kier molecular flexibility index (Phi) is 2.74. The van der Waals surface area contributed by atoms with Gasteiger partial charge in [-0.3, -0.25) is 4.90 Å². The second kappa shape index (κ2) is 4.02. The van der Waals surface area contributed by atoms with Crippen LogP contribution in [-0.2, 0) is 6.61 Å². The Morgan fingerprint density at radius 3 is 2.93 bits per heavy atom. The highest BCUT2D eigenvalue weighted by Crippen LogP contribution is 2.19. The quantitative estimate of drug-likeness (QED) is 0.718. The molecule has 0 amide bonds. The minimum Gasteiger partial charge on any atom is -0.390 e. The van der Waals surface area contributed by atoms with Crippen molar-refractivity contribution in [1.82, 2.24) is 19.9 Å². The minimum atomic E-state index is -0.300. The van der Waals surface area contributed by atoms with Crippen molar-refractivity contribution in [2.45, 2.75) is 12.6 Å². The van der Waals surface area contributed by atoms with Gasteiger partial charge < -0.3 is 5.11 Å². The number of hydrogen-bond acceptors (Lipinski definition) is 4. The lowest BCUT2D eigenvalue weighted by Gasteiger charge is -2.38. The smallest absolute Gasteiger partial charge is 0.108 e. The SMILES string of the molecule is OCc1cn(C2CN(CCF)C2)nn1. The van der Waals surface area contributed by atoms with Crippen molar-refractivity contribution in [2.24, 2.45) is 0 Å².